The number of nitrogens with zero attached hydrogens (tertiary/aromatic N) is 1. The molecule has 1 saturated heterocycles. The number of rotatable bonds is 4. The number of carbonyl (C=O) groups excluding carboxylic acids is 2. The number of hydrogen-bond donors (Lipinski definition) is 1. The number of nitrogens with one attached hydrogen (secondary N) is 1. The Balaban J connectivity index is 3.08. The first-order valence-corrected chi connectivity index (χ1v) is 6.97. The van der Waals surface area contributed by atoms with Crippen LogP contribution in [0.25, 0.3) is 0 Å². The molecule has 4 nitrogen and oxygen atoms in total. The lowest BCUT2D eigenvalue weighted by Gasteiger charge is -2.44. The van der Waals surface area contributed by atoms with Crippen LogP contribution in [0.4, 0.5) is 0 Å². The molecular weight excluding hydrogens is 240 g/mol. The molecule has 0 aromatic heterocycles. The van der Waals surface area contributed by atoms with Crippen molar-refractivity contribution in [3.8, 4) is 0 Å². The van der Waals surface area contributed by atoms with Crippen molar-refractivity contribution in [2.24, 2.45) is 5.92 Å². The molecule has 0 aliphatic carbocycles. The predicted molar refractivity (Wildman–Crippen MR) is 76.6 cm³/mol. The van der Waals surface area contributed by atoms with Gasteiger partial charge in [0.2, 0.25) is 11.8 Å². The Labute approximate surface area is 116 Å². The second-order valence-electron chi connectivity index (χ2n) is 6.18. The molecule has 108 valence electrons. The Morgan fingerprint density at radius 1 is 1.42 bits per heavy atom. The van der Waals surface area contributed by atoms with E-state index in [1.807, 2.05) is 33.8 Å². The summed E-state index contributed by atoms with van der Waals surface area (Å²) in [5.74, 6) is 0.113. The van der Waals surface area contributed by atoms with E-state index < -0.39 is 5.54 Å². The molecule has 19 heavy (non-hydrogen) atoms. The van der Waals surface area contributed by atoms with Crippen LogP contribution in [0.15, 0.2) is 11.6 Å². The van der Waals surface area contributed by atoms with Crippen molar-refractivity contribution in [2.75, 3.05) is 6.54 Å². The van der Waals surface area contributed by atoms with Gasteiger partial charge in [-0.3, -0.25) is 9.59 Å². The molecule has 2 amide bonds. The normalized spacial score (nSPS) is 23.9. The van der Waals surface area contributed by atoms with Gasteiger partial charge in [-0.05, 0) is 33.6 Å². The third kappa shape index (κ3) is 3.37. The fraction of sp³-hybridized carbons (Fsp3) is 0.733. The number of hydrogen-bond acceptors (Lipinski definition) is 2. The summed E-state index contributed by atoms with van der Waals surface area (Å²) in [7, 11) is 0. The van der Waals surface area contributed by atoms with E-state index in [1.54, 1.807) is 18.7 Å². The first-order chi connectivity index (χ1) is 8.70. The lowest BCUT2D eigenvalue weighted by Crippen LogP contribution is -2.69. The minimum atomic E-state index is -0.809. The van der Waals surface area contributed by atoms with Gasteiger partial charge in [-0.15, -0.1) is 0 Å². The third-order valence-corrected chi connectivity index (χ3v) is 3.71. The zero-order valence-corrected chi connectivity index (χ0v) is 12.9. The van der Waals surface area contributed by atoms with Crippen molar-refractivity contribution in [2.45, 2.75) is 59.5 Å². The van der Waals surface area contributed by atoms with Crippen molar-refractivity contribution in [1.29, 1.82) is 0 Å². The first-order valence-electron chi connectivity index (χ1n) is 6.97. The Morgan fingerprint density at radius 2 is 2.00 bits per heavy atom. The van der Waals surface area contributed by atoms with Crippen LogP contribution < -0.4 is 5.32 Å². The van der Waals surface area contributed by atoms with Gasteiger partial charge in [0.15, 0.2) is 0 Å². The molecule has 2 unspecified atom stereocenters. The highest BCUT2D eigenvalue weighted by atomic mass is 16.2. The molecule has 1 rings (SSSR count). The highest BCUT2D eigenvalue weighted by molar-refractivity contribution is 5.99. The molecule has 1 aliphatic rings. The molecular formula is C15H26N2O2. The average Bonchev–Trinajstić information content (AvgIpc) is 2.30. The van der Waals surface area contributed by atoms with Crippen LogP contribution >= 0.6 is 0 Å². The van der Waals surface area contributed by atoms with Crippen molar-refractivity contribution >= 4 is 11.8 Å². The molecule has 0 aromatic rings. The summed E-state index contributed by atoms with van der Waals surface area (Å²) >= 11 is 0. The van der Waals surface area contributed by atoms with Gasteiger partial charge >= 0.3 is 0 Å². The van der Waals surface area contributed by atoms with Gasteiger partial charge in [0.1, 0.15) is 11.6 Å². The van der Waals surface area contributed by atoms with E-state index in [1.165, 1.54) is 0 Å². The van der Waals surface area contributed by atoms with Crippen molar-refractivity contribution < 1.29 is 9.59 Å². The van der Waals surface area contributed by atoms with E-state index in [0.29, 0.717) is 6.54 Å². The van der Waals surface area contributed by atoms with Crippen LogP contribution in [0.3, 0.4) is 0 Å². The topological polar surface area (TPSA) is 49.4 Å². The minimum absolute atomic E-state index is 0.00472. The summed E-state index contributed by atoms with van der Waals surface area (Å²) in [6, 6.07) is -0.360. The molecule has 0 aromatic carbocycles. The molecule has 1 heterocycles. The van der Waals surface area contributed by atoms with Crippen LogP contribution in [-0.4, -0.2) is 34.8 Å². The second-order valence-corrected chi connectivity index (χ2v) is 6.18. The largest absolute Gasteiger partial charge is 0.340 e. The van der Waals surface area contributed by atoms with E-state index >= 15 is 0 Å². The van der Waals surface area contributed by atoms with E-state index in [-0.39, 0.29) is 23.8 Å². The first kappa shape index (κ1) is 15.7. The predicted octanol–water partition coefficient (Wildman–Crippen LogP) is 2.10. The smallest absolute Gasteiger partial charge is 0.248 e. The maximum atomic E-state index is 12.5. The van der Waals surface area contributed by atoms with E-state index in [9.17, 15) is 9.59 Å². The Kier molecular flexibility index (Phi) is 4.77. The van der Waals surface area contributed by atoms with Crippen molar-refractivity contribution in [3.63, 3.8) is 0 Å². The second kappa shape index (κ2) is 5.76. The highest BCUT2D eigenvalue weighted by Gasteiger charge is 2.46. The van der Waals surface area contributed by atoms with Crippen LogP contribution in [0.5, 0.6) is 0 Å². The van der Waals surface area contributed by atoms with E-state index in [0.717, 1.165) is 12.0 Å². The lowest BCUT2D eigenvalue weighted by molar-refractivity contribution is -0.154. The van der Waals surface area contributed by atoms with Gasteiger partial charge in [0.05, 0.1) is 0 Å². The molecule has 0 spiro atoms. The number of amides is 2. The van der Waals surface area contributed by atoms with Gasteiger partial charge in [0, 0.05) is 6.54 Å². The van der Waals surface area contributed by atoms with Gasteiger partial charge in [-0.2, -0.15) is 0 Å². The number of allylic oxidation sites excluding steroid dienone is 1. The van der Waals surface area contributed by atoms with Gasteiger partial charge in [0.25, 0.3) is 0 Å². The summed E-state index contributed by atoms with van der Waals surface area (Å²) in [6.07, 6.45) is 2.87. The van der Waals surface area contributed by atoms with Crippen LogP contribution in [0, 0.1) is 5.92 Å². The fourth-order valence-corrected chi connectivity index (χ4v) is 2.33. The zero-order valence-electron chi connectivity index (χ0n) is 12.9. The monoisotopic (exact) mass is 266 g/mol. The van der Waals surface area contributed by atoms with Gasteiger partial charge in [-0.25, -0.2) is 0 Å². The highest BCUT2D eigenvalue weighted by Crippen LogP contribution is 2.24. The summed E-state index contributed by atoms with van der Waals surface area (Å²) in [6.45, 7) is 12.1. The summed E-state index contributed by atoms with van der Waals surface area (Å²) in [4.78, 5) is 26.5. The van der Waals surface area contributed by atoms with Crippen LogP contribution in [0.1, 0.15) is 48.0 Å². The molecule has 0 saturated carbocycles. The molecule has 1 fully saturated rings. The quantitative estimate of drug-likeness (QED) is 0.792. The van der Waals surface area contributed by atoms with E-state index in [4.69, 9.17) is 0 Å². The molecule has 1 aliphatic heterocycles. The standard InChI is InChI=1S/C15H26N2O2/c1-7-11(4)12-13(18)16-15(5,6)14(19)17(12)9-8-10(2)3/h8,11-12H,7,9H2,1-6H3,(H,16,18). The zero-order chi connectivity index (χ0) is 14.8. The Bertz CT molecular complexity index is 395. The maximum absolute atomic E-state index is 12.5. The lowest BCUT2D eigenvalue weighted by atomic mass is 9.89. The molecule has 4 heteroatoms. The molecule has 2 atom stereocenters. The average molecular weight is 266 g/mol. The maximum Gasteiger partial charge on any atom is 0.248 e. The molecule has 1 N–H and O–H groups in total. The SMILES string of the molecule is CCC(C)C1C(=O)NC(C)(C)C(=O)N1CC=C(C)C. The Morgan fingerprint density at radius 3 is 2.47 bits per heavy atom. The van der Waals surface area contributed by atoms with Crippen molar-refractivity contribution in [1.82, 2.24) is 10.2 Å². The van der Waals surface area contributed by atoms with Gasteiger partial charge < -0.3 is 10.2 Å². The van der Waals surface area contributed by atoms with E-state index in [2.05, 4.69) is 5.32 Å². The molecule has 0 radical (unpaired) electrons. The Hall–Kier alpha value is -1.32. The summed E-state index contributed by atoms with van der Waals surface area (Å²) in [5.41, 5.74) is 0.343. The fourth-order valence-electron chi connectivity index (χ4n) is 2.33. The minimum Gasteiger partial charge on any atom is -0.340 e. The molecule has 0 bridgehead atoms. The summed E-state index contributed by atoms with van der Waals surface area (Å²) < 4.78 is 0. The van der Waals surface area contributed by atoms with Crippen molar-refractivity contribution in [3.05, 3.63) is 11.6 Å². The third-order valence-electron chi connectivity index (χ3n) is 3.71. The number of piperazine rings is 1. The number of carbonyl (C=O) groups is 2. The van der Waals surface area contributed by atoms with Crippen LogP contribution in [0.2, 0.25) is 0 Å². The van der Waals surface area contributed by atoms with Gasteiger partial charge in [-0.1, -0.05) is 31.9 Å². The summed E-state index contributed by atoms with van der Waals surface area (Å²) in [5, 5.41) is 2.84. The van der Waals surface area contributed by atoms with Crippen LogP contribution in [-0.2, 0) is 9.59 Å².